The van der Waals surface area contributed by atoms with Gasteiger partial charge in [0.05, 0.1) is 22.9 Å². The molecule has 0 spiro atoms. The number of pyridine rings is 1. The summed E-state index contributed by atoms with van der Waals surface area (Å²) < 4.78 is 38.7. The number of ketones is 2. The molecule has 0 saturated heterocycles. The lowest BCUT2D eigenvalue weighted by Crippen LogP contribution is -2.44. The third-order valence-electron chi connectivity index (χ3n) is 4.84. The highest BCUT2D eigenvalue weighted by Gasteiger charge is 2.39. The van der Waals surface area contributed by atoms with Crippen LogP contribution in [0.5, 0.6) is 0 Å². The zero-order valence-corrected chi connectivity index (χ0v) is 16.1. The summed E-state index contributed by atoms with van der Waals surface area (Å²) >= 11 is 0. The molecule has 1 aromatic carbocycles. The molecule has 1 aliphatic rings. The molecule has 160 valence electrons. The maximum atomic E-state index is 12.9. The molecule has 1 saturated carbocycles. The first-order valence-electron chi connectivity index (χ1n) is 9.35. The second kappa shape index (κ2) is 8.95. The lowest BCUT2D eigenvalue weighted by atomic mass is 9.80. The van der Waals surface area contributed by atoms with Crippen molar-refractivity contribution in [2.75, 3.05) is 5.32 Å². The normalized spacial score (nSPS) is 15.8. The Labute approximate surface area is 175 Å². The molecule has 1 unspecified atom stereocenters. The smallest absolute Gasteiger partial charge is 0.328 e. The van der Waals surface area contributed by atoms with Crippen LogP contribution < -0.4 is 10.6 Å². The molecule has 1 atom stereocenters. The van der Waals surface area contributed by atoms with Gasteiger partial charge in [0.2, 0.25) is 0 Å². The van der Waals surface area contributed by atoms with Crippen LogP contribution in [0.3, 0.4) is 0 Å². The molecule has 3 rings (SSSR count). The molecule has 1 fully saturated rings. The summed E-state index contributed by atoms with van der Waals surface area (Å²) in [5.41, 5.74) is -0.614. The Kier molecular flexibility index (Phi) is 6.34. The highest BCUT2D eigenvalue weighted by atomic mass is 19.4. The number of aromatic nitrogens is 1. The van der Waals surface area contributed by atoms with Gasteiger partial charge in [0.1, 0.15) is 23.6 Å². The van der Waals surface area contributed by atoms with Gasteiger partial charge in [-0.05, 0) is 36.8 Å². The van der Waals surface area contributed by atoms with Crippen LogP contribution in [0.4, 0.5) is 23.7 Å². The van der Waals surface area contributed by atoms with Crippen molar-refractivity contribution in [2.45, 2.75) is 31.5 Å². The van der Waals surface area contributed by atoms with Crippen molar-refractivity contribution in [1.82, 2.24) is 10.3 Å². The number of carbonyl (C=O) groups is 3. The number of nitriles is 1. The van der Waals surface area contributed by atoms with E-state index in [4.69, 9.17) is 5.26 Å². The lowest BCUT2D eigenvalue weighted by molar-refractivity contribution is -0.138. The number of hydrogen-bond acceptors (Lipinski definition) is 5. The first-order valence-corrected chi connectivity index (χ1v) is 9.35. The van der Waals surface area contributed by atoms with Crippen molar-refractivity contribution in [2.24, 2.45) is 5.92 Å². The molecule has 1 aromatic heterocycles. The van der Waals surface area contributed by atoms with E-state index in [1.165, 1.54) is 24.4 Å². The van der Waals surface area contributed by atoms with E-state index in [9.17, 15) is 27.6 Å². The average Bonchev–Trinajstić information content (AvgIpc) is 2.72. The van der Waals surface area contributed by atoms with Gasteiger partial charge in [-0.1, -0.05) is 6.07 Å². The molecule has 2 amide bonds. The monoisotopic (exact) mass is 430 g/mol. The molecule has 31 heavy (non-hydrogen) atoms. The molecule has 1 heterocycles. The first kappa shape index (κ1) is 22.0. The van der Waals surface area contributed by atoms with E-state index in [2.05, 4.69) is 15.6 Å². The number of alkyl halides is 3. The van der Waals surface area contributed by atoms with Crippen molar-refractivity contribution < 1.29 is 27.6 Å². The zero-order chi connectivity index (χ0) is 22.6. The van der Waals surface area contributed by atoms with Crippen molar-refractivity contribution in [1.29, 1.82) is 5.26 Å². The van der Waals surface area contributed by atoms with Crippen molar-refractivity contribution in [3.8, 4) is 6.07 Å². The molecule has 7 nitrogen and oxygen atoms in total. The predicted molar refractivity (Wildman–Crippen MR) is 103 cm³/mol. The Morgan fingerprint density at radius 3 is 2.45 bits per heavy atom. The van der Waals surface area contributed by atoms with Gasteiger partial charge in [0.15, 0.2) is 0 Å². The molecule has 0 radical (unpaired) electrons. The fraction of sp³-hybridized carbons (Fsp3) is 0.286. The molecule has 1 aliphatic carbocycles. The predicted octanol–water partition coefficient (Wildman–Crippen LogP) is 3.77. The highest BCUT2D eigenvalue weighted by Crippen LogP contribution is 2.31. The van der Waals surface area contributed by atoms with Crippen LogP contribution in [-0.2, 0) is 15.8 Å². The van der Waals surface area contributed by atoms with Crippen LogP contribution in [0.25, 0.3) is 0 Å². The van der Waals surface area contributed by atoms with E-state index in [1.54, 1.807) is 0 Å². The minimum absolute atomic E-state index is 0.111. The summed E-state index contributed by atoms with van der Waals surface area (Å²) in [5.74, 6) is -1.87. The Balaban J connectivity index is 1.86. The van der Waals surface area contributed by atoms with E-state index in [1.807, 2.05) is 6.07 Å². The SMILES string of the molecule is N#Cc1ccc(C(NC(=O)Nc2cccc(C(F)(F)F)c2)C2C(=O)CCCC2=O)nc1. The number of carbonyl (C=O) groups excluding carboxylic acids is 3. The number of amides is 2. The molecule has 2 aromatic rings. The topological polar surface area (TPSA) is 112 Å². The number of halogens is 3. The summed E-state index contributed by atoms with van der Waals surface area (Å²) in [5, 5.41) is 13.7. The largest absolute Gasteiger partial charge is 0.416 e. The highest BCUT2D eigenvalue weighted by molar-refractivity contribution is 6.05. The van der Waals surface area contributed by atoms with E-state index in [0.717, 1.165) is 18.2 Å². The Bertz CT molecular complexity index is 1030. The van der Waals surface area contributed by atoms with Gasteiger partial charge >= 0.3 is 12.2 Å². The summed E-state index contributed by atoms with van der Waals surface area (Å²) in [6.45, 7) is 0. The molecule has 10 heteroatoms. The number of benzene rings is 1. The summed E-state index contributed by atoms with van der Waals surface area (Å²) in [6, 6.07) is 6.78. The molecular weight excluding hydrogens is 413 g/mol. The van der Waals surface area contributed by atoms with Gasteiger partial charge in [0, 0.05) is 24.7 Å². The van der Waals surface area contributed by atoms with E-state index in [-0.39, 0.29) is 41.4 Å². The standard InChI is InChI=1S/C21H17F3N4O3/c22-21(23,24)13-3-1-4-14(9-13)27-20(31)28-19(15-8-7-12(10-25)11-26-15)18-16(29)5-2-6-17(18)30/h1,3-4,7-9,11,18-19H,2,5-6H2,(H2,27,28,31). The second-order valence-corrected chi connectivity index (χ2v) is 7.00. The van der Waals surface area contributed by atoms with Crippen LogP contribution in [0, 0.1) is 17.2 Å². The molecule has 0 aliphatic heterocycles. The fourth-order valence-corrected chi connectivity index (χ4v) is 3.36. The van der Waals surface area contributed by atoms with Gasteiger partial charge in [-0.15, -0.1) is 0 Å². The lowest BCUT2D eigenvalue weighted by Gasteiger charge is -2.28. The Morgan fingerprint density at radius 2 is 1.87 bits per heavy atom. The first-order chi connectivity index (χ1) is 14.7. The van der Waals surface area contributed by atoms with E-state index < -0.39 is 29.7 Å². The number of rotatable bonds is 4. The van der Waals surface area contributed by atoms with Crippen LogP contribution in [0.1, 0.15) is 42.1 Å². The maximum Gasteiger partial charge on any atom is 0.416 e. The van der Waals surface area contributed by atoms with E-state index >= 15 is 0 Å². The second-order valence-electron chi connectivity index (χ2n) is 7.00. The number of nitrogens with one attached hydrogen (secondary N) is 2. The molecule has 2 N–H and O–H groups in total. The van der Waals surface area contributed by atoms with Gasteiger partial charge in [0.25, 0.3) is 0 Å². The van der Waals surface area contributed by atoms with E-state index in [0.29, 0.717) is 6.42 Å². The minimum Gasteiger partial charge on any atom is -0.328 e. The van der Waals surface area contributed by atoms with Crippen LogP contribution in [0.2, 0.25) is 0 Å². The fourth-order valence-electron chi connectivity index (χ4n) is 3.36. The third kappa shape index (κ3) is 5.25. The third-order valence-corrected chi connectivity index (χ3v) is 4.84. The number of urea groups is 1. The zero-order valence-electron chi connectivity index (χ0n) is 16.1. The summed E-state index contributed by atoms with van der Waals surface area (Å²) in [4.78, 5) is 41.5. The number of nitrogens with zero attached hydrogens (tertiary/aromatic N) is 2. The van der Waals surface area contributed by atoms with Crippen LogP contribution in [0.15, 0.2) is 42.6 Å². The van der Waals surface area contributed by atoms with Crippen molar-refractivity contribution >= 4 is 23.3 Å². The van der Waals surface area contributed by atoms with Crippen LogP contribution in [-0.4, -0.2) is 22.6 Å². The Hall–Kier alpha value is -3.74. The molecule has 0 bridgehead atoms. The number of hydrogen-bond donors (Lipinski definition) is 2. The van der Waals surface area contributed by atoms with Crippen molar-refractivity contribution in [3.63, 3.8) is 0 Å². The quantitative estimate of drug-likeness (QED) is 0.717. The van der Waals surface area contributed by atoms with Gasteiger partial charge in [-0.3, -0.25) is 14.6 Å². The van der Waals surface area contributed by atoms with Gasteiger partial charge in [-0.25, -0.2) is 4.79 Å². The van der Waals surface area contributed by atoms with Crippen LogP contribution >= 0.6 is 0 Å². The number of Topliss-reactive ketones (excluding diaryl/α,β-unsaturated/α-hetero) is 2. The van der Waals surface area contributed by atoms with Crippen molar-refractivity contribution in [3.05, 3.63) is 59.4 Å². The maximum absolute atomic E-state index is 12.9. The minimum atomic E-state index is -4.58. The molecular formula is C21H17F3N4O3. The van der Waals surface area contributed by atoms with Gasteiger partial charge < -0.3 is 10.6 Å². The Morgan fingerprint density at radius 1 is 1.16 bits per heavy atom. The summed E-state index contributed by atoms with van der Waals surface area (Å²) in [7, 11) is 0. The summed E-state index contributed by atoms with van der Waals surface area (Å²) in [6.07, 6.45) is -2.59. The van der Waals surface area contributed by atoms with Gasteiger partial charge in [-0.2, -0.15) is 18.4 Å². The average molecular weight is 430 g/mol. The number of anilines is 1.